The van der Waals surface area contributed by atoms with Crippen molar-refractivity contribution in [2.24, 2.45) is 0 Å². The molecular weight excluding hydrogens is 289 g/mol. The summed E-state index contributed by atoms with van der Waals surface area (Å²) in [5.41, 5.74) is 0.0292. The van der Waals surface area contributed by atoms with E-state index in [1.54, 1.807) is 6.92 Å². The monoisotopic (exact) mass is 313 g/mol. The molecule has 1 fully saturated rings. The lowest BCUT2D eigenvalue weighted by atomic mass is 10.1. The molecule has 0 amide bonds. The summed E-state index contributed by atoms with van der Waals surface area (Å²) in [5, 5.41) is 0. The van der Waals surface area contributed by atoms with Gasteiger partial charge in [-0.15, -0.1) is 0 Å². The summed E-state index contributed by atoms with van der Waals surface area (Å²) in [7, 11) is -1.38. The van der Waals surface area contributed by atoms with E-state index in [2.05, 4.69) is 4.72 Å². The fourth-order valence-electron chi connectivity index (χ4n) is 2.29. The van der Waals surface area contributed by atoms with E-state index in [0.29, 0.717) is 4.90 Å². The molecule has 1 atom stereocenters. The van der Waals surface area contributed by atoms with Gasteiger partial charge in [0, 0.05) is 12.5 Å². The van der Waals surface area contributed by atoms with Crippen molar-refractivity contribution in [1.82, 2.24) is 4.72 Å². The highest BCUT2D eigenvalue weighted by atomic mass is 32.2. The summed E-state index contributed by atoms with van der Waals surface area (Å²) in [6, 6.07) is 4.35. The Balaban J connectivity index is 0.00000106. The molecular formula is C16H24FNO2S. The summed E-state index contributed by atoms with van der Waals surface area (Å²) in [6.07, 6.45) is 4.58. The van der Waals surface area contributed by atoms with Crippen LogP contribution in [0.1, 0.15) is 63.2 Å². The maximum absolute atomic E-state index is 13.5. The van der Waals surface area contributed by atoms with Crippen molar-refractivity contribution in [3.8, 4) is 0 Å². The maximum Gasteiger partial charge on any atom is 0.165 e. The van der Waals surface area contributed by atoms with Gasteiger partial charge in [0.05, 0.1) is 10.5 Å². The summed E-state index contributed by atoms with van der Waals surface area (Å²) < 4.78 is 28.7. The lowest BCUT2D eigenvalue weighted by molar-refractivity contribution is 0.0984. The Morgan fingerprint density at radius 1 is 1.33 bits per heavy atom. The molecule has 5 heteroatoms. The van der Waals surface area contributed by atoms with Gasteiger partial charge >= 0.3 is 0 Å². The third-order valence-electron chi connectivity index (χ3n) is 3.40. The number of ketones is 1. The van der Waals surface area contributed by atoms with Gasteiger partial charge in [0.1, 0.15) is 16.8 Å². The molecule has 0 spiro atoms. The molecule has 0 radical (unpaired) electrons. The Bertz CT molecular complexity index is 499. The van der Waals surface area contributed by atoms with Crippen LogP contribution < -0.4 is 4.72 Å². The van der Waals surface area contributed by atoms with Gasteiger partial charge in [-0.2, -0.15) is 0 Å². The van der Waals surface area contributed by atoms with Gasteiger partial charge in [-0.25, -0.2) is 13.3 Å². The van der Waals surface area contributed by atoms with Crippen LogP contribution in [0, 0.1) is 5.82 Å². The molecule has 1 saturated carbocycles. The van der Waals surface area contributed by atoms with E-state index in [9.17, 15) is 13.4 Å². The Morgan fingerprint density at radius 3 is 2.52 bits per heavy atom. The normalized spacial score (nSPS) is 16.2. The van der Waals surface area contributed by atoms with Crippen LogP contribution in [-0.2, 0) is 11.0 Å². The van der Waals surface area contributed by atoms with E-state index in [1.165, 1.54) is 18.2 Å². The summed E-state index contributed by atoms with van der Waals surface area (Å²) in [4.78, 5) is 12.1. The number of rotatable bonds is 5. The van der Waals surface area contributed by atoms with Crippen LogP contribution in [0.25, 0.3) is 0 Å². The van der Waals surface area contributed by atoms with Crippen LogP contribution in [-0.4, -0.2) is 16.0 Å². The minimum Gasteiger partial charge on any atom is -0.294 e. The van der Waals surface area contributed by atoms with Crippen LogP contribution in [0.4, 0.5) is 4.39 Å². The Labute approximate surface area is 128 Å². The fraction of sp³-hybridized carbons (Fsp3) is 0.562. The number of nitrogens with one attached hydrogen (secondary N) is 1. The van der Waals surface area contributed by atoms with Crippen LogP contribution in [0.2, 0.25) is 0 Å². The quantitative estimate of drug-likeness (QED) is 0.835. The molecule has 118 valence electrons. The molecule has 0 bridgehead atoms. The zero-order chi connectivity index (χ0) is 15.8. The van der Waals surface area contributed by atoms with Gasteiger partial charge < -0.3 is 0 Å². The number of halogens is 1. The Morgan fingerprint density at radius 2 is 1.95 bits per heavy atom. The van der Waals surface area contributed by atoms with E-state index >= 15 is 0 Å². The smallest absolute Gasteiger partial charge is 0.165 e. The Hall–Kier alpha value is -1.07. The highest BCUT2D eigenvalue weighted by Gasteiger charge is 2.19. The highest BCUT2D eigenvalue weighted by Crippen LogP contribution is 2.20. The molecule has 1 aliphatic rings. The van der Waals surface area contributed by atoms with Gasteiger partial charge in [0.2, 0.25) is 0 Å². The molecule has 1 aliphatic carbocycles. The number of benzene rings is 1. The van der Waals surface area contributed by atoms with Gasteiger partial charge in [0.15, 0.2) is 5.78 Å². The van der Waals surface area contributed by atoms with Crippen molar-refractivity contribution in [2.75, 3.05) is 0 Å². The van der Waals surface area contributed by atoms with E-state index in [1.807, 2.05) is 13.8 Å². The van der Waals surface area contributed by atoms with Crippen LogP contribution in [0.15, 0.2) is 23.1 Å². The molecule has 0 saturated heterocycles. The second kappa shape index (κ2) is 9.05. The zero-order valence-corrected chi connectivity index (χ0v) is 13.8. The van der Waals surface area contributed by atoms with Crippen molar-refractivity contribution in [3.05, 3.63) is 29.6 Å². The SMILES string of the molecule is CC.CCC(=O)c1cc(S(=O)NC2CCCC2)ccc1F. The average Bonchev–Trinajstić information content (AvgIpc) is 3.01. The lowest BCUT2D eigenvalue weighted by Gasteiger charge is -2.11. The molecule has 1 N–H and O–H groups in total. The van der Waals surface area contributed by atoms with Gasteiger partial charge in [0.25, 0.3) is 0 Å². The second-order valence-corrected chi connectivity index (χ2v) is 6.03. The minimum absolute atomic E-state index is 0.0292. The lowest BCUT2D eigenvalue weighted by Crippen LogP contribution is -2.28. The van der Waals surface area contributed by atoms with Gasteiger partial charge in [-0.05, 0) is 31.0 Å². The van der Waals surface area contributed by atoms with Crippen molar-refractivity contribution in [2.45, 2.75) is 63.8 Å². The molecule has 1 aromatic carbocycles. The maximum atomic E-state index is 13.5. The van der Waals surface area contributed by atoms with Crippen molar-refractivity contribution in [3.63, 3.8) is 0 Å². The predicted octanol–water partition coefficient (Wildman–Crippen LogP) is 4.00. The predicted molar refractivity (Wildman–Crippen MR) is 84.2 cm³/mol. The number of carbonyl (C=O) groups is 1. The summed E-state index contributed by atoms with van der Waals surface area (Å²) >= 11 is 0. The summed E-state index contributed by atoms with van der Waals surface area (Å²) in [6.45, 7) is 5.68. The first-order valence-electron chi connectivity index (χ1n) is 7.62. The van der Waals surface area contributed by atoms with E-state index < -0.39 is 16.8 Å². The van der Waals surface area contributed by atoms with Crippen molar-refractivity contribution in [1.29, 1.82) is 0 Å². The van der Waals surface area contributed by atoms with Crippen molar-refractivity contribution < 1.29 is 13.4 Å². The molecule has 3 nitrogen and oxygen atoms in total. The largest absolute Gasteiger partial charge is 0.294 e. The first-order valence-corrected chi connectivity index (χ1v) is 8.77. The molecule has 21 heavy (non-hydrogen) atoms. The van der Waals surface area contributed by atoms with Gasteiger partial charge in [-0.3, -0.25) is 4.79 Å². The van der Waals surface area contributed by atoms with Gasteiger partial charge in [-0.1, -0.05) is 33.6 Å². The molecule has 0 aromatic heterocycles. The Kier molecular flexibility index (Phi) is 7.75. The fourth-order valence-corrected chi connectivity index (χ4v) is 3.38. The third kappa shape index (κ3) is 5.00. The number of carbonyl (C=O) groups excluding carboxylic acids is 1. The molecule has 2 rings (SSSR count). The van der Waals surface area contributed by atoms with E-state index in [0.717, 1.165) is 25.7 Å². The zero-order valence-electron chi connectivity index (χ0n) is 12.9. The van der Waals surface area contributed by atoms with Crippen LogP contribution in [0.5, 0.6) is 0 Å². The highest BCUT2D eigenvalue weighted by molar-refractivity contribution is 7.83. The topological polar surface area (TPSA) is 46.2 Å². The molecule has 0 aliphatic heterocycles. The van der Waals surface area contributed by atoms with E-state index in [-0.39, 0.29) is 23.8 Å². The third-order valence-corrected chi connectivity index (χ3v) is 4.63. The standard InChI is InChI=1S/C14H18FNO2S.C2H6/c1-2-14(17)12-9-11(7-8-13(12)15)19(18)16-10-5-3-4-6-10;1-2/h7-10,16H,2-6H2,1H3;1-2H3. The van der Waals surface area contributed by atoms with Crippen molar-refractivity contribution >= 4 is 16.8 Å². The van der Waals surface area contributed by atoms with Crippen LogP contribution >= 0.6 is 0 Å². The summed E-state index contributed by atoms with van der Waals surface area (Å²) in [5.74, 6) is -0.814. The first-order chi connectivity index (χ1) is 10.1. The van der Waals surface area contributed by atoms with E-state index in [4.69, 9.17) is 0 Å². The number of Topliss-reactive ketones (excluding diaryl/α,β-unsaturated/α-hetero) is 1. The molecule has 0 heterocycles. The first kappa shape index (κ1) is 18.0. The molecule has 1 aromatic rings. The second-order valence-electron chi connectivity index (χ2n) is 4.79. The molecule has 1 unspecified atom stereocenters. The van der Waals surface area contributed by atoms with Crippen LogP contribution in [0.3, 0.4) is 0 Å². The number of hydrogen-bond donors (Lipinski definition) is 1. The minimum atomic E-state index is -1.38. The number of hydrogen-bond acceptors (Lipinski definition) is 2. The average molecular weight is 313 g/mol.